The molecule has 4 rings (SSSR count). The molecule has 0 aliphatic rings. The maximum Gasteiger partial charge on any atom is 0.229 e. The molecule has 2 aromatic carbocycles. The molecule has 0 saturated heterocycles. The van der Waals surface area contributed by atoms with Crippen LogP contribution in [0.4, 0.5) is 9.52 Å². The van der Waals surface area contributed by atoms with Crippen molar-refractivity contribution in [3.63, 3.8) is 0 Å². The molecule has 2 heterocycles. The number of benzene rings is 2. The van der Waals surface area contributed by atoms with Gasteiger partial charge in [0.1, 0.15) is 17.1 Å². The number of halogens is 1. The Morgan fingerprint density at radius 1 is 1.06 bits per heavy atom. The molecule has 0 atom stereocenters. The van der Waals surface area contributed by atoms with Crippen LogP contribution in [0.15, 0.2) is 71.3 Å². The molecule has 166 valence electrons. The number of carbonyl (C=O) groups excluding carboxylic acids is 1. The van der Waals surface area contributed by atoms with Crippen molar-refractivity contribution in [2.24, 2.45) is 0 Å². The van der Waals surface area contributed by atoms with Gasteiger partial charge < -0.3 is 4.42 Å². The van der Waals surface area contributed by atoms with Crippen molar-refractivity contribution in [3.8, 4) is 0 Å². The number of aromatic nitrogens is 1. The maximum absolute atomic E-state index is 14.1. The van der Waals surface area contributed by atoms with Gasteiger partial charge in [0.2, 0.25) is 5.91 Å². The molecule has 32 heavy (non-hydrogen) atoms. The van der Waals surface area contributed by atoms with Gasteiger partial charge in [0, 0.05) is 6.42 Å². The van der Waals surface area contributed by atoms with Crippen molar-refractivity contribution < 1.29 is 22.0 Å². The molecule has 0 N–H and O–H groups in total. The summed E-state index contributed by atoms with van der Waals surface area (Å²) in [6.45, 7) is 0.129. The van der Waals surface area contributed by atoms with Crippen LogP contribution in [0, 0.1) is 5.82 Å². The number of carbonyl (C=O) groups is 1. The number of amides is 1. The number of sulfone groups is 1. The van der Waals surface area contributed by atoms with E-state index in [1.165, 1.54) is 28.6 Å². The third-order valence-electron chi connectivity index (χ3n) is 4.86. The Labute approximate surface area is 189 Å². The standard InChI is InChI=1S/C23H21FN2O4S2/c24-19-10-4-11-20-22(19)25-23(31-20)26(15-18-9-5-13-30-18)21(27)12-6-14-32(28,29)16-17-7-2-1-3-8-17/h1-5,7-11,13H,6,12,14-16H2. The van der Waals surface area contributed by atoms with E-state index in [-0.39, 0.29) is 42.3 Å². The first kappa shape index (κ1) is 22.2. The zero-order valence-electron chi connectivity index (χ0n) is 17.1. The Morgan fingerprint density at radius 3 is 2.59 bits per heavy atom. The Hall–Kier alpha value is -3.04. The van der Waals surface area contributed by atoms with Crippen LogP contribution in [0.3, 0.4) is 0 Å². The first-order valence-electron chi connectivity index (χ1n) is 10.0. The Bertz CT molecular complexity index is 1300. The van der Waals surface area contributed by atoms with Gasteiger partial charge >= 0.3 is 0 Å². The van der Waals surface area contributed by atoms with Gasteiger partial charge in [-0.2, -0.15) is 0 Å². The van der Waals surface area contributed by atoms with Crippen LogP contribution in [-0.2, 0) is 26.9 Å². The van der Waals surface area contributed by atoms with Crippen molar-refractivity contribution in [3.05, 3.63) is 84.1 Å². The molecular weight excluding hydrogens is 451 g/mol. The predicted octanol–water partition coefficient (Wildman–Crippen LogP) is 4.96. The van der Waals surface area contributed by atoms with Crippen LogP contribution in [0.5, 0.6) is 0 Å². The summed E-state index contributed by atoms with van der Waals surface area (Å²) in [5.74, 6) is -0.362. The van der Waals surface area contributed by atoms with Crippen molar-refractivity contribution in [2.45, 2.75) is 25.1 Å². The molecule has 4 aromatic rings. The largest absolute Gasteiger partial charge is 0.467 e. The molecular formula is C23H21FN2O4S2. The van der Waals surface area contributed by atoms with E-state index < -0.39 is 15.7 Å². The van der Waals surface area contributed by atoms with Crippen molar-refractivity contribution in [1.29, 1.82) is 0 Å². The molecule has 0 aliphatic heterocycles. The number of nitrogens with zero attached hydrogens (tertiary/aromatic N) is 2. The van der Waals surface area contributed by atoms with E-state index in [1.54, 1.807) is 48.5 Å². The number of rotatable bonds is 9. The summed E-state index contributed by atoms with van der Waals surface area (Å²) in [4.78, 5) is 18.8. The van der Waals surface area contributed by atoms with E-state index in [0.717, 1.165) is 5.56 Å². The third-order valence-corrected chi connectivity index (χ3v) is 7.59. The highest BCUT2D eigenvalue weighted by molar-refractivity contribution is 7.90. The summed E-state index contributed by atoms with van der Waals surface area (Å²) in [5.41, 5.74) is 0.921. The van der Waals surface area contributed by atoms with Gasteiger partial charge in [-0.15, -0.1) is 0 Å². The number of fused-ring (bicyclic) bond motifs is 1. The minimum atomic E-state index is -3.35. The van der Waals surface area contributed by atoms with E-state index in [0.29, 0.717) is 15.6 Å². The second-order valence-corrected chi connectivity index (χ2v) is 10.5. The molecule has 9 heteroatoms. The van der Waals surface area contributed by atoms with E-state index >= 15 is 0 Å². The SMILES string of the molecule is O=C(CCCS(=O)(=O)Cc1ccccc1)N(Cc1ccco1)c1nc2c(F)cccc2s1. The molecule has 6 nitrogen and oxygen atoms in total. The molecule has 0 fully saturated rings. The summed E-state index contributed by atoms with van der Waals surface area (Å²) in [6.07, 6.45) is 1.71. The fourth-order valence-electron chi connectivity index (χ4n) is 3.32. The number of anilines is 1. The van der Waals surface area contributed by atoms with Crippen LogP contribution in [-0.4, -0.2) is 25.1 Å². The van der Waals surface area contributed by atoms with Gasteiger partial charge in [0.25, 0.3) is 0 Å². The quantitative estimate of drug-likeness (QED) is 0.344. The molecule has 1 amide bonds. The minimum Gasteiger partial charge on any atom is -0.467 e. The summed E-state index contributed by atoms with van der Waals surface area (Å²) in [7, 11) is -3.35. The second-order valence-electron chi connectivity index (χ2n) is 7.32. The fourth-order valence-corrected chi connectivity index (χ4v) is 5.74. The van der Waals surface area contributed by atoms with Crippen molar-refractivity contribution >= 4 is 42.4 Å². The molecule has 0 saturated carbocycles. The highest BCUT2D eigenvalue weighted by Crippen LogP contribution is 2.31. The molecule has 0 radical (unpaired) electrons. The summed E-state index contributed by atoms with van der Waals surface area (Å²) in [5, 5.41) is 0.346. The first-order chi connectivity index (χ1) is 15.4. The average Bonchev–Trinajstić information content (AvgIpc) is 3.42. The van der Waals surface area contributed by atoms with Gasteiger partial charge in [-0.1, -0.05) is 47.7 Å². The third kappa shape index (κ3) is 5.41. The highest BCUT2D eigenvalue weighted by Gasteiger charge is 2.23. The van der Waals surface area contributed by atoms with Crippen LogP contribution in [0.25, 0.3) is 10.2 Å². The number of hydrogen-bond donors (Lipinski definition) is 0. The summed E-state index contributed by atoms with van der Waals surface area (Å²) >= 11 is 1.20. The zero-order chi connectivity index (χ0) is 22.6. The Kier molecular flexibility index (Phi) is 6.66. The topological polar surface area (TPSA) is 80.5 Å². The summed E-state index contributed by atoms with van der Waals surface area (Å²) in [6, 6.07) is 17.0. The van der Waals surface area contributed by atoms with Crippen molar-refractivity contribution in [2.75, 3.05) is 10.7 Å². The monoisotopic (exact) mass is 472 g/mol. The van der Waals surface area contributed by atoms with E-state index in [9.17, 15) is 17.6 Å². The highest BCUT2D eigenvalue weighted by atomic mass is 32.2. The van der Waals surface area contributed by atoms with E-state index in [1.807, 2.05) is 6.07 Å². The fraction of sp³-hybridized carbons (Fsp3) is 0.217. The van der Waals surface area contributed by atoms with Gasteiger partial charge in [-0.3, -0.25) is 9.69 Å². The van der Waals surface area contributed by atoms with Gasteiger partial charge in [-0.25, -0.2) is 17.8 Å². The smallest absolute Gasteiger partial charge is 0.229 e. The van der Waals surface area contributed by atoms with Gasteiger partial charge in [0.15, 0.2) is 15.0 Å². The molecule has 0 spiro atoms. The molecule has 0 aliphatic carbocycles. The lowest BCUT2D eigenvalue weighted by molar-refractivity contribution is -0.118. The number of hydrogen-bond acceptors (Lipinski definition) is 6. The normalized spacial score (nSPS) is 11.7. The number of furan rings is 1. The Morgan fingerprint density at radius 2 is 1.88 bits per heavy atom. The maximum atomic E-state index is 14.1. The van der Waals surface area contributed by atoms with Crippen molar-refractivity contribution in [1.82, 2.24) is 4.98 Å². The lowest BCUT2D eigenvalue weighted by Crippen LogP contribution is -2.30. The van der Waals surface area contributed by atoms with Crippen LogP contribution in [0.2, 0.25) is 0 Å². The molecule has 2 aromatic heterocycles. The molecule has 0 bridgehead atoms. The lowest BCUT2D eigenvalue weighted by atomic mass is 10.2. The second kappa shape index (κ2) is 9.62. The predicted molar refractivity (Wildman–Crippen MR) is 123 cm³/mol. The van der Waals surface area contributed by atoms with Gasteiger partial charge in [0.05, 0.1) is 29.0 Å². The first-order valence-corrected chi connectivity index (χ1v) is 12.7. The minimum absolute atomic E-state index is 0.0210. The van der Waals surface area contributed by atoms with Crippen LogP contribution < -0.4 is 4.90 Å². The van der Waals surface area contributed by atoms with E-state index in [2.05, 4.69) is 4.98 Å². The van der Waals surface area contributed by atoms with Crippen LogP contribution >= 0.6 is 11.3 Å². The van der Waals surface area contributed by atoms with E-state index in [4.69, 9.17) is 4.42 Å². The van der Waals surface area contributed by atoms with Crippen LogP contribution in [0.1, 0.15) is 24.2 Å². The summed E-state index contributed by atoms with van der Waals surface area (Å²) < 4.78 is 45.0. The Balaban J connectivity index is 1.47. The van der Waals surface area contributed by atoms with Gasteiger partial charge in [-0.05, 0) is 36.2 Å². The zero-order valence-corrected chi connectivity index (χ0v) is 18.7. The molecule has 0 unspecified atom stereocenters. The average molecular weight is 473 g/mol. The number of para-hydroxylation sites is 1. The lowest BCUT2D eigenvalue weighted by Gasteiger charge is -2.18. The number of thiazole rings is 1.